The van der Waals surface area contributed by atoms with Crippen LogP contribution in [0.15, 0.2) is 42.9 Å². The van der Waals surface area contributed by atoms with Crippen LogP contribution < -0.4 is 10.6 Å². The quantitative estimate of drug-likeness (QED) is 0.582. The van der Waals surface area contributed by atoms with Crippen molar-refractivity contribution in [2.24, 2.45) is 7.05 Å². The Morgan fingerprint density at radius 1 is 1.22 bits per heavy atom. The first-order chi connectivity index (χ1) is 13.2. The van der Waals surface area contributed by atoms with Gasteiger partial charge in [-0.2, -0.15) is 5.10 Å². The summed E-state index contributed by atoms with van der Waals surface area (Å²) in [6.45, 7) is 0.730. The Morgan fingerprint density at radius 3 is 2.93 bits per heavy atom. The van der Waals surface area contributed by atoms with Crippen molar-refractivity contribution in [1.82, 2.24) is 29.5 Å². The number of para-hydroxylation sites is 1. The molecule has 0 saturated carbocycles. The Labute approximate surface area is 155 Å². The lowest BCUT2D eigenvalue weighted by atomic mass is 10.1. The van der Waals surface area contributed by atoms with Gasteiger partial charge >= 0.3 is 0 Å². The number of fused-ring (bicyclic) bond motifs is 3. The second-order valence-corrected chi connectivity index (χ2v) is 6.81. The maximum absolute atomic E-state index is 12.2. The van der Waals surface area contributed by atoms with Crippen LogP contribution in [0, 0.1) is 0 Å². The van der Waals surface area contributed by atoms with Crippen LogP contribution in [-0.4, -0.2) is 42.6 Å². The molecule has 1 amide bonds. The standard InChI is InChI=1S/C19H19N7O/c1-25-10-12(9-21-25)16-11-26-17(22-16)13-5-2-3-6-14(13)23-19(26)24-15-7-4-8-20-18(15)27/h2-3,5-6,9-11,15H,4,7-8H2,1H3,(H,20,27)(H,23,24). The Balaban J connectivity index is 1.68. The molecule has 27 heavy (non-hydrogen) atoms. The minimum Gasteiger partial charge on any atom is -0.354 e. The molecule has 5 rings (SSSR count). The van der Waals surface area contributed by atoms with Gasteiger partial charge in [0, 0.05) is 36.9 Å². The van der Waals surface area contributed by atoms with Crippen LogP contribution in [0.1, 0.15) is 12.8 Å². The number of rotatable bonds is 3. The number of imidazole rings is 1. The van der Waals surface area contributed by atoms with E-state index in [1.54, 1.807) is 10.9 Å². The fourth-order valence-corrected chi connectivity index (χ4v) is 3.52. The summed E-state index contributed by atoms with van der Waals surface area (Å²) in [4.78, 5) is 21.8. The largest absolute Gasteiger partial charge is 0.354 e. The van der Waals surface area contributed by atoms with E-state index in [0.29, 0.717) is 5.95 Å². The summed E-state index contributed by atoms with van der Waals surface area (Å²) in [5, 5.41) is 11.4. The van der Waals surface area contributed by atoms with Crippen molar-refractivity contribution in [2.75, 3.05) is 11.9 Å². The lowest BCUT2D eigenvalue weighted by Gasteiger charge is -2.23. The van der Waals surface area contributed by atoms with Gasteiger partial charge in [-0.3, -0.25) is 13.9 Å². The van der Waals surface area contributed by atoms with Gasteiger partial charge in [-0.25, -0.2) is 9.97 Å². The third kappa shape index (κ3) is 2.69. The Hall–Kier alpha value is -3.42. The average molecular weight is 361 g/mol. The van der Waals surface area contributed by atoms with Crippen molar-refractivity contribution in [3.05, 3.63) is 42.9 Å². The van der Waals surface area contributed by atoms with Gasteiger partial charge in [-0.15, -0.1) is 0 Å². The van der Waals surface area contributed by atoms with Gasteiger partial charge in [0.15, 0.2) is 0 Å². The molecule has 8 nitrogen and oxygen atoms in total. The number of anilines is 1. The minimum absolute atomic E-state index is 0.0111. The monoisotopic (exact) mass is 361 g/mol. The Morgan fingerprint density at radius 2 is 2.11 bits per heavy atom. The van der Waals surface area contributed by atoms with Gasteiger partial charge in [0.1, 0.15) is 11.7 Å². The zero-order chi connectivity index (χ0) is 18.4. The second kappa shape index (κ2) is 6.08. The van der Waals surface area contributed by atoms with Crippen LogP contribution in [0.25, 0.3) is 27.8 Å². The van der Waals surface area contributed by atoms with Crippen LogP contribution in [0.2, 0.25) is 0 Å². The summed E-state index contributed by atoms with van der Waals surface area (Å²) < 4.78 is 3.67. The molecule has 136 valence electrons. The molecule has 8 heteroatoms. The number of carbonyl (C=O) groups excluding carboxylic acids is 1. The van der Waals surface area contributed by atoms with Crippen molar-refractivity contribution < 1.29 is 4.79 Å². The van der Waals surface area contributed by atoms with Gasteiger partial charge in [-0.05, 0) is 25.0 Å². The van der Waals surface area contributed by atoms with Crippen molar-refractivity contribution in [3.8, 4) is 11.3 Å². The predicted molar refractivity (Wildman–Crippen MR) is 102 cm³/mol. The summed E-state index contributed by atoms with van der Waals surface area (Å²) in [6, 6.07) is 7.60. The first-order valence-electron chi connectivity index (χ1n) is 9.00. The molecule has 1 aliphatic heterocycles. The number of carbonyl (C=O) groups is 1. The molecule has 4 aromatic rings. The summed E-state index contributed by atoms with van der Waals surface area (Å²) in [5.41, 5.74) is 3.40. The average Bonchev–Trinajstić information content (AvgIpc) is 3.30. The molecule has 4 heterocycles. The maximum Gasteiger partial charge on any atom is 0.242 e. The van der Waals surface area contributed by atoms with Crippen molar-refractivity contribution in [2.45, 2.75) is 18.9 Å². The molecule has 0 radical (unpaired) electrons. The number of hydrogen-bond donors (Lipinski definition) is 2. The predicted octanol–water partition coefficient (Wildman–Crippen LogP) is 1.97. The number of nitrogens with zero attached hydrogens (tertiary/aromatic N) is 5. The third-order valence-electron chi connectivity index (χ3n) is 4.89. The van der Waals surface area contributed by atoms with E-state index < -0.39 is 0 Å². The number of hydrogen-bond acceptors (Lipinski definition) is 5. The van der Waals surface area contributed by atoms with Gasteiger partial charge in [0.2, 0.25) is 11.9 Å². The first-order valence-corrected chi connectivity index (χ1v) is 9.00. The number of nitrogens with one attached hydrogen (secondary N) is 2. The highest BCUT2D eigenvalue weighted by Crippen LogP contribution is 2.26. The van der Waals surface area contributed by atoms with E-state index in [1.807, 2.05) is 48.1 Å². The highest BCUT2D eigenvalue weighted by atomic mass is 16.2. The lowest BCUT2D eigenvalue weighted by Crippen LogP contribution is -2.44. The summed E-state index contributed by atoms with van der Waals surface area (Å²) in [7, 11) is 1.88. The zero-order valence-electron chi connectivity index (χ0n) is 14.9. The normalized spacial score (nSPS) is 17.4. The summed E-state index contributed by atoms with van der Waals surface area (Å²) in [5.74, 6) is 0.630. The lowest BCUT2D eigenvalue weighted by molar-refractivity contribution is -0.123. The van der Waals surface area contributed by atoms with E-state index in [2.05, 4.69) is 15.7 Å². The van der Waals surface area contributed by atoms with Gasteiger partial charge in [0.05, 0.1) is 17.4 Å². The van der Waals surface area contributed by atoms with Crippen LogP contribution in [-0.2, 0) is 11.8 Å². The molecule has 2 N–H and O–H groups in total. The van der Waals surface area contributed by atoms with Crippen LogP contribution in [0.3, 0.4) is 0 Å². The molecule has 0 aliphatic carbocycles. The number of amides is 1. The molecule has 3 aromatic heterocycles. The molecule has 1 atom stereocenters. The molecule has 1 unspecified atom stereocenters. The molecule has 0 spiro atoms. The number of aromatic nitrogens is 5. The maximum atomic E-state index is 12.2. The topological polar surface area (TPSA) is 89.1 Å². The van der Waals surface area contributed by atoms with E-state index >= 15 is 0 Å². The van der Waals surface area contributed by atoms with Gasteiger partial charge < -0.3 is 10.6 Å². The third-order valence-corrected chi connectivity index (χ3v) is 4.89. The Kier molecular flexibility index (Phi) is 3.56. The second-order valence-electron chi connectivity index (χ2n) is 6.81. The van der Waals surface area contributed by atoms with Crippen LogP contribution in [0.4, 0.5) is 5.95 Å². The van der Waals surface area contributed by atoms with Crippen LogP contribution >= 0.6 is 0 Å². The molecular formula is C19H19N7O. The fraction of sp³-hybridized carbons (Fsp3) is 0.263. The number of benzene rings is 1. The van der Waals surface area contributed by atoms with Gasteiger partial charge in [-0.1, -0.05) is 12.1 Å². The molecule has 0 bridgehead atoms. The molecule has 1 aliphatic rings. The van der Waals surface area contributed by atoms with Crippen LogP contribution in [0.5, 0.6) is 0 Å². The number of piperidine rings is 1. The SMILES string of the molecule is Cn1cc(-c2cn3c(NC4CCCNC4=O)nc4ccccc4c3n2)cn1. The molecule has 1 fully saturated rings. The van der Waals surface area contributed by atoms with E-state index in [-0.39, 0.29) is 11.9 Å². The molecule has 1 aromatic carbocycles. The van der Waals surface area contributed by atoms with E-state index in [9.17, 15) is 4.79 Å². The number of aryl methyl sites for hydroxylation is 1. The van der Waals surface area contributed by atoms with Crippen molar-refractivity contribution in [1.29, 1.82) is 0 Å². The smallest absolute Gasteiger partial charge is 0.242 e. The van der Waals surface area contributed by atoms with Crippen molar-refractivity contribution >= 4 is 28.4 Å². The molecule has 1 saturated heterocycles. The minimum atomic E-state index is -0.292. The Bertz CT molecular complexity index is 1160. The zero-order valence-corrected chi connectivity index (χ0v) is 14.9. The highest BCUT2D eigenvalue weighted by molar-refractivity contribution is 5.94. The fourth-order valence-electron chi connectivity index (χ4n) is 3.52. The summed E-state index contributed by atoms with van der Waals surface area (Å²) >= 11 is 0. The van der Waals surface area contributed by atoms with Crippen molar-refractivity contribution in [3.63, 3.8) is 0 Å². The molecular weight excluding hydrogens is 342 g/mol. The van der Waals surface area contributed by atoms with E-state index in [0.717, 1.165) is 47.2 Å². The van der Waals surface area contributed by atoms with E-state index in [1.165, 1.54) is 0 Å². The first kappa shape index (κ1) is 15.8. The summed E-state index contributed by atoms with van der Waals surface area (Å²) in [6.07, 6.45) is 7.39. The van der Waals surface area contributed by atoms with E-state index in [4.69, 9.17) is 9.97 Å². The highest BCUT2D eigenvalue weighted by Gasteiger charge is 2.24. The van der Waals surface area contributed by atoms with Gasteiger partial charge in [0.25, 0.3) is 0 Å².